The van der Waals surface area contributed by atoms with Crippen molar-refractivity contribution in [2.45, 2.75) is 26.3 Å². The number of carbonyl (C=O) groups is 2. The van der Waals surface area contributed by atoms with Gasteiger partial charge in [-0.1, -0.05) is 38.5 Å². The molecule has 2 rings (SSSR count). The van der Waals surface area contributed by atoms with Gasteiger partial charge in [-0.15, -0.1) is 0 Å². The molecule has 4 nitrogen and oxygen atoms in total. The first-order valence-corrected chi connectivity index (χ1v) is 6.17. The molecule has 0 N–H and O–H groups in total. The van der Waals surface area contributed by atoms with E-state index >= 15 is 0 Å². The van der Waals surface area contributed by atoms with Gasteiger partial charge in [-0.25, -0.2) is 4.79 Å². The summed E-state index contributed by atoms with van der Waals surface area (Å²) in [7, 11) is 0. The van der Waals surface area contributed by atoms with Crippen LogP contribution in [0.15, 0.2) is 30.3 Å². The van der Waals surface area contributed by atoms with Gasteiger partial charge in [0, 0.05) is 5.56 Å². The zero-order valence-electron chi connectivity index (χ0n) is 10.6. The molecule has 1 aliphatic rings. The van der Waals surface area contributed by atoms with Crippen LogP contribution in [0.3, 0.4) is 0 Å². The molecule has 1 fully saturated rings. The monoisotopic (exact) mass is 247 g/mol. The van der Waals surface area contributed by atoms with E-state index in [-0.39, 0.29) is 24.5 Å². The van der Waals surface area contributed by atoms with Crippen molar-refractivity contribution < 1.29 is 14.3 Å². The van der Waals surface area contributed by atoms with E-state index in [1.807, 2.05) is 32.0 Å². The number of hydrogen-bond acceptors (Lipinski definition) is 3. The molecular weight excluding hydrogens is 230 g/mol. The Labute approximate surface area is 107 Å². The molecule has 1 aromatic rings. The fourth-order valence-corrected chi connectivity index (χ4v) is 2.12. The highest BCUT2D eigenvalue weighted by atomic mass is 16.6. The molecule has 0 spiro atoms. The number of nitrogens with zero attached hydrogens (tertiary/aromatic N) is 1. The van der Waals surface area contributed by atoms with Crippen LogP contribution in [-0.4, -0.2) is 29.5 Å². The minimum atomic E-state index is -0.456. The lowest BCUT2D eigenvalue weighted by Gasteiger charge is -2.24. The van der Waals surface area contributed by atoms with Gasteiger partial charge in [0.25, 0.3) is 5.91 Å². The fraction of sp³-hybridized carbons (Fsp3) is 0.429. The minimum Gasteiger partial charge on any atom is -0.443 e. The Kier molecular flexibility index (Phi) is 3.65. The van der Waals surface area contributed by atoms with E-state index in [0.29, 0.717) is 5.56 Å². The second-order valence-corrected chi connectivity index (χ2v) is 4.56. The van der Waals surface area contributed by atoms with Crippen molar-refractivity contribution >= 4 is 11.9 Å². The van der Waals surface area contributed by atoms with E-state index in [9.17, 15) is 9.59 Å². The van der Waals surface area contributed by atoms with Crippen molar-refractivity contribution in [1.29, 1.82) is 0 Å². The summed E-state index contributed by atoms with van der Waals surface area (Å²) in [5.41, 5.74) is 0.587. The van der Waals surface area contributed by atoms with E-state index in [4.69, 9.17) is 4.74 Å². The molecule has 1 aromatic carbocycles. The number of amides is 1. The van der Waals surface area contributed by atoms with Crippen LogP contribution in [0, 0.1) is 5.92 Å². The third kappa shape index (κ3) is 2.23. The zero-order valence-corrected chi connectivity index (χ0v) is 10.6. The number of carbonyl (C=O) groups excluding carboxylic acids is 2. The topological polar surface area (TPSA) is 46.6 Å². The number of hydrogen-bond donors (Lipinski definition) is 0. The number of esters is 1. The lowest BCUT2D eigenvalue weighted by molar-refractivity contribution is -0.140. The molecule has 0 bridgehead atoms. The van der Waals surface area contributed by atoms with Crippen LogP contribution < -0.4 is 0 Å². The van der Waals surface area contributed by atoms with Gasteiger partial charge < -0.3 is 4.74 Å². The van der Waals surface area contributed by atoms with Gasteiger partial charge in [0.15, 0.2) is 6.73 Å². The van der Waals surface area contributed by atoms with Gasteiger partial charge in [0.1, 0.15) is 6.04 Å². The SMILES string of the molecule is CCC(C)[C@H]1C(=O)OCN1C(=O)c1ccccc1. The Morgan fingerprint density at radius 3 is 2.72 bits per heavy atom. The molecule has 0 aliphatic carbocycles. The summed E-state index contributed by atoms with van der Waals surface area (Å²) in [6.45, 7) is 4.02. The molecule has 1 aliphatic heterocycles. The lowest BCUT2D eigenvalue weighted by atomic mass is 9.98. The van der Waals surface area contributed by atoms with Crippen molar-refractivity contribution in [1.82, 2.24) is 4.90 Å². The van der Waals surface area contributed by atoms with Gasteiger partial charge in [0.2, 0.25) is 0 Å². The fourth-order valence-electron chi connectivity index (χ4n) is 2.12. The molecule has 1 unspecified atom stereocenters. The van der Waals surface area contributed by atoms with Crippen molar-refractivity contribution in [3.05, 3.63) is 35.9 Å². The number of ether oxygens (including phenoxy) is 1. The lowest BCUT2D eigenvalue weighted by Crippen LogP contribution is -2.42. The number of cyclic esters (lactones) is 1. The molecule has 1 amide bonds. The van der Waals surface area contributed by atoms with Gasteiger partial charge in [0.05, 0.1) is 0 Å². The summed E-state index contributed by atoms with van der Waals surface area (Å²) in [5.74, 6) is -0.340. The third-order valence-corrected chi connectivity index (χ3v) is 3.39. The maximum absolute atomic E-state index is 12.3. The second kappa shape index (κ2) is 5.21. The summed E-state index contributed by atoms with van der Waals surface area (Å²) in [5, 5.41) is 0. The largest absolute Gasteiger partial charge is 0.443 e. The van der Waals surface area contributed by atoms with Gasteiger partial charge >= 0.3 is 5.97 Å². The zero-order chi connectivity index (χ0) is 13.1. The summed E-state index contributed by atoms with van der Waals surface area (Å²) < 4.78 is 5.01. The maximum atomic E-state index is 12.3. The van der Waals surface area contributed by atoms with Gasteiger partial charge in [-0.3, -0.25) is 9.69 Å². The maximum Gasteiger partial charge on any atom is 0.331 e. The first-order chi connectivity index (χ1) is 8.65. The first-order valence-electron chi connectivity index (χ1n) is 6.17. The number of benzene rings is 1. The molecule has 18 heavy (non-hydrogen) atoms. The van der Waals surface area contributed by atoms with E-state index in [2.05, 4.69) is 0 Å². The minimum absolute atomic E-state index is 0.0571. The van der Waals surface area contributed by atoms with Crippen LogP contribution in [0.5, 0.6) is 0 Å². The number of rotatable bonds is 3. The third-order valence-electron chi connectivity index (χ3n) is 3.39. The van der Waals surface area contributed by atoms with Crippen LogP contribution in [0.2, 0.25) is 0 Å². The van der Waals surface area contributed by atoms with E-state index < -0.39 is 6.04 Å². The molecule has 0 saturated carbocycles. The predicted octanol–water partition coefficient (Wildman–Crippen LogP) is 2.06. The van der Waals surface area contributed by atoms with Gasteiger partial charge in [-0.2, -0.15) is 0 Å². The van der Waals surface area contributed by atoms with E-state index in [0.717, 1.165) is 6.42 Å². The standard InChI is InChI=1S/C14H17NO3/c1-3-10(2)12-14(17)18-9-15(12)13(16)11-7-5-4-6-8-11/h4-8,10,12H,3,9H2,1-2H3/t10?,12-/m0/s1. The van der Waals surface area contributed by atoms with Crippen molar-refractivity contribution in [3.8, 4) is 0 Å². The van der Waals surface area contributed by atoms with Crippen LogP contribution in [0.25, 0.3) is 0 Å². The molecule has 96 valence electrons. The van der Waals surface area contributed by atoms with Crippen LogP contribution in [-0.2, 0) is 9.53 Å². The Morgan fingerprint density at radius 2 is 2.11 bits per heavy atom. The molecular formula is C14H17NO3. The van der Waals surface area contributed by atoms with Crippen molar-refractivity contribution in [2.75, 3.05) is 6.73 Å². The Morgan fingerprint density at radius 1 is 1.44 bits per heavy atom. The Bertz CT molecular complexity index is 444. The van der Waals surface area contributed by atoms with Crippen LogP contribution in [0.1, 0.15) is 30.6 Å². The van der Waals surface area contributed by atoms with Gasteiger partial charge in [-0.05, 0) is 18.1 Å². The normalized spacial score (nSPS) is 20.7. The predicted molar refractivity (Wildman–Crippen MR) is 66.8 cm³/mol. The highest BCUT2D eigenvalue weighted by Crippen LogP contribution is 2.23. The average Bonchev–Trinajstić information content (AvgIpc) is 2.80. The molecule has 2 atom stereocenters. The van der Waals surface area contributed by atoms with Crippen LogP contribution in [0.4, 0.5) is 0 Å². The molecule has 0 radical (unpaired) electrons. The van der Waals surface area contributed by atoms with E-state index in [1.54, 1.807) is 12.1 Å². The molecule has 1 heterocycles. The summed E-state index contributed by atoms with van der Waals surface area (Å²) in [6, 6.07) is 8.52. The quantitative estimate of drug-likeness (QED) is 0.768. The first kappa shape index (κ1) is 12.6. The average molecular weight is 247 g/mol. The summed E-state index contributed by atoms with van der Waals surface area (Å²) >= 11 is 0. The summed E-state index contributed by atoms with van der Waals surface area (Å²) in [4.78, 5) is 25.5. The molecule has 1 saturated heterocycles. The Hall–Kier alpha value is -1.84. The highest BCUT2D eigenvalue weighted by molar-refractivity contribution is 5.97. The van der Waals surface area contributed by atoms with Crippen molar-refractivity contribution in [3.63, 3.8) is 0 Å². The molecule has 4 heteroatoms. The van der Waals surface area contributed by atoms with Crippen LogP contribution >= 0.6 is 0 Å². The highest BCUT2D eigenvalue weighted by Gasteiger charge is 2.40. The summed E-state index contributed by atoms with van der Waals surface area (Å²) in [6.07, 6.45) is 0.832. The van der Waals surface area contributed by atoms with E-state index in [1.165, 1.54) is 4.90 Å². The Balaban J connectivity index is 2.22. The second-order valence-electron chi connectivity index (χ2n) is 4.56. The smallest absolute Gasteiger partial charge is 0.331 e. The molecule has 0 aromatic heterocycles. The van der Waals surface area contributed by atoms with Crippen molar-refractivity contribution in [2.24, 2.45) is 5.92 Å².